The van der Waals surface area contributed by atoms with Crippen molar-refractivity contribution in [2.24, 2.45) is 11.1 Å². The minimum absolute atomic E-state index is 0.283. The predicted octanol–water partition coefficient (Wildman–Crippen LogP) is 2.91. The van der Waals surface area contributed by atoms with Gasteiger partial charge in [-0.05, 0) is 48.7 Å². The van der Waals surface area contributed by atoms with Crippen molar-refractivity contribution in [2.45, 2.75) is 40.2 Å². The first kappa shape index (κ1) is 13.7. The van der Waals surface area contributed by atoms with E-state index in [0.717, 1.165) is 32.5 Å². The third kappa shape index (κ3) is 3.30. The fourth-order valence-corrected chi connectivity index (χ4v) is 2.76. The molecule has 16 heavy (non-hydrogen) atoms. The number of hydrogen-bond donors (Lipinski definition) is 2. The Morgan fingerprint density at radius 1 is 1.38 bits per heavy atom. The summed E-state index contributed by atoms with van der Waals surface area (Å²) >= 11 is 1.83. The van der Waals surface area contributed by atoms with Gasteiger partial charge in [0.2, 0.25) is 0 Å². The van der Waals surface area contributed by atoms with E-state index in [1.54, 1.807) is 0 Å². The van der Waals surface area contributed by atoms with E-state index in [0.29, 0.717) is 0 Å². The average molecular weight is 240 g/mol. The van der Waals surface area contributed by atoms with Crippen molar-refractivity contribution in [2.75, 3.05) is 13.1 Å². The highest BCUT2D eigenvalue weighted by Crippen LogP contribution is 2.24. The first-order valence-electron chi connectivity index (χ1n) is 6.11. The molecule has 0 saturated carbocycles. The quantitative estimate of drug-likeness (QED) is 0.769. The van der Waals surface area contributed by atoms with Gasteiger partial charge in [-0.15, -0.1) is 11.3 Å². The van der Waals surface area contributed by atoms with Crippen LogP contribution in [0.4, 0.5) is 0 Å². The maximum atomic E-state index is 5.88. The summed E-state index contributed by atoms with van der Waals surface area (Å²) in [6.07, 6.45) is 2.30. The molecule has 0 unspecified atom stereocenters. The molecular formula is C13H24N2S. The van der Waals surface area contributed by atoms with Crippen molar-refractivity contribution in [3.63, 3.8) is 0 Å². The number of hydrogen-bond acceptors (Lipinski definition) is 3. The molecule has 1 rings (SSSR count). The van der Waals surface area contributed by atoms with Crippen molar-refractivity contribution in [3.8, 4) is 0 Å². The van der Waals surface area contributed by atoms with Crippen LogP contribution in [0.1, 0.15) is 37.1 Å². The van der Waals surface area contributed by atoms with Crippen LogP contribution in [-0.4, -0.2) is 13.1 Å². The van der Waals surface area contributed by atoms with Gasteiger partial charge in [0.1, 0.15) is 0 Å². The van der Waals surface area contributed by atoms with Gasteiger partial charge in [0.05, 0.1) is 0 Å². The molecule has 1 aromatic rings. The summed E-state index contributed by atoms with van der Waals surface area (Å²) in [6.45, 7) is 9.40. The Balaban J connectivity index is 2.42. The normalized spacial score (nSPS) is 12.0. The minimum atomic E-state index is 0.283. The molecule has 0 aliphatic heterocycles. The van der Waals surface area contributed by atoms with Crippen LogP contribution in [0.3, 0.4) is 0 Å². The monoisotopic (exact) mass is 240 g/mol. The van der Waals surface area contributed by atoms with Crippen molar-refractivity contribution < 1.29 is 0 Å². The fraction of sp³-hybridized carbons (Fsp3) is 0.692. The first-order chi connectivity index (χ1) is 7.67. The molecule has 3 N–H and O–H groups in total. The molecule has 0 bridgehead atoms. The zero-order valence-electron chi connectivity index (χ0n) is 10.7. The van der Waals surface area contributed by atoms with Crippen molar-refractivity contribution in [3.05, 3.63) is 21.9 Å². The highest BCUT2D eigenvalue weighted by atomic mass is 32.1. The van der Waals surface area contributed by atoms with Gasteiger partial charge in [0.25, 0.3) is 0 Å². The molecule has 0 radical (unpaired) electrons. The Bertz CT molecular complexity index is 294. The zero-order valence-corrected chi connectivity index (χ0v) is 11.5. The second-order valence-electron chi connectivity index (χ2n) is 4.54. The van der Waals surface area contributed by atoms with Gasteiger partial charge >= 0.3 is 0 Å². The van der Waals surface area contributed by atoms with E-state index >= 15 is 0 Å². The third-order valence-electron chi connectivity index (χ3n) is 3.69. The van der Waals surface area contributed by atoms with Gasteiger partial charge in [-0.3, -0.25) is 0 Å². The standard InChI is InChI=1S/C13H24N2S/c1-4-13(5-2,9-14)10-15-8-12-11(3)6-7-16-12/h6-7,15H,4-5,8-10,14H2,1-3H3. The van der Waals surface area contributed by atoms with Crippen LogP contribution in [0.15, 0.2) is 11.4 Å². The van der Waals surface area contributed by atoms with Gasteiger partial charge < -0.3 is 11.1 Å². The lowest BCUT2D eigenvalue weighted by Gasteiger charge is -2.30. The maximum absolute atomic E-state index is 5.88. The van der Waals surface area contributed by atoms with E-state index < -0.39 is 0 Å². The lowest BCUT2D eigenvalue weighted by atomic mass is 9.82. The van der Waals surface area contributed by atoms with Crippen LogP contribution in [0, 0.1) is 12.3 Å². The predicted molar refractivity (Wildman–Crippen MR) is 72.8 cm³/mol. The summed E-state index contributed by atoms with van der Waals surface area (Å²) in [7, 11) is 0. The largest absolute Gasteiger partial charge is 0.330 e. The van der Waals surface area contributed by atoms with Crippen LogP contribution in [0.25, 0.3) is 0 Å². The molecule has 0 saturated heterocycles. The average Bonchev–Trinajstić information content (AvgIpc) is 2.71. The summed E-state index contributed by atoms with van der Waals surface area (Å²) in [6, 6.07) is 2.18. The van der Waals surface area contributed by atoms with E-state index in [1.165, 1.54) is 10.4 Å². The van der Waals surface area contributed by atoms with E-state index in [9.17, 15) is 0 Å². The van der Waals surface area contributed by atoms with Crippen LogP contribution >= 0.6 is 11.3 Å². The topological polar surface area (TPSA) is 38.0 Å². The molecule has 92 valence electrons. The Morgan fingerprint density at radius 3 is 2.50 bits per heavy atom. The second-order valence-corrected chi connectivity index (χ2v) is 5.54. The highest BCUT2D eigenvalue weighted by Gasteiger charge is 2.23. The van der Waals surface area contributed by atoms with Crippen LogP contribution < -0.4 is 11.1 Å². The van der Waals surface area contributed by atoms with Crippen molar-refractivity contribution in [1.82, 2.24) is 5.32 Å². The number of nitrogens with two attached hydrogens (primary N) is 1. The van der Waals surface area contributed by atoms with Gasteiger partial charge in [0, 0.05) is 18.0 Å². The van der Waals surface area contributed by atoms with E-state index in [2.05, 4.69) is 37.5 Å². The molecule has 0 aliphatic carbocycles. The maximum Gasteiger partial charge on any atom is 0.0302 e. The number of rotatable bonds is 7. The summed E-state index contributed by atoms with van der Waals surface area (Å²) in [5.74, 6) is 0. The van der Waals surface area contributed by atoms with E-state index in [-0.39, 0.29) is 5.41 Å². The molecular weight excluding hydrogens is 216 g/mol. The SMILES string of the molecule is CCC(CC)(CN)CNCc1sccc1C. The van der Waals surface area contributed by atoms with Crippen LogP contribution in [-0.2, 0) is 6.54 Å². The van der Waals surface area contributed by atoms with E-state index in [1.807, 2.05) is 11.3 Å². The van der Waals surface area contributed by atoms with Crippen molar-refractivity contribution in [1.29, 1.82) is 0 Å². The Labute approximate surface area is 103 Å². The first-order valence-corrected chi connectivity index (χ1v) is 6.99. The van der Waals surface area contributed by atoms with Gasteiger partial charge in [0.15, 0.2) is 0 Å². The van der Waals surface area contributed by atoms with Crippen LogP contribution in [0.5, 0.6) is 0 Å². The third-order valence-corrected chi connectivity index (χ3v) is 4.71. The number of thiophene rings is 1. The van der Waals surface area contributed by atoms with E-state index in [4.69, 9.17) is 5.73 Å². The molecule has 0 aromatic carbocycles. The highest BCUT2D eigenvalue weighted by molar-refractivity contribution is 7.10. The van der Waals surface area contributed by atoms with Crippen LogP contribution in [0.2, 0.25) is 0 Å². The summed E-state index contributed by atoms with van der Waals surface area (Å²) in [5, 5.41) is 5.71. The Kier molecular flexibility index (Phi) is 5.46. The van der Waals surface area contributed by atoms with Gasteiger partial charge in [-0.1, -0.05) is 13.8 Å². The summed E-state index contributed by atoms with van der Waals surface area (Å²) in [4.78, 5) is 1.44. The van der Waals surface area contributed by atoms with Gasteiger partial charge in [-0.25, -0.2) is 0 Å². The number of nitrogens with one attached hydrogen (secondary N) is 1. The molecule has 1 aromatic heterocycles. The fourth-order valence-electron chi connectivity index (χ4n) is 1.89. The molecule has 0 fully saturated rings. The molecule has 1 heterocycles. The van der Waals surface area contributed by atoms with Crippen molar-refractivity contribution >= 4 is 11.3 Å². The zero-order chi connectivity index (χ0) is 12.0. The lowest BCUT2D eigenvalue weighted by molar-refractivity contribution is 0.259. The summed E-state index contributed by atoms with van der Waals surface area (Å²) < 4.78 is 0. The molecule has 0 amide bonds. The molecule has 0 spiro atoms. The second kappa shape index (κ2) is 6.38. The smallest absolute Gasteiger partial charge is 0.0302 e. The molecule has 0 atom stereocenters. The Morgan fingerprint density at radius 2 is 2.06 bits per heavy atom. The number of aryl methyl sites for hydroxylation is 1. The Hall–Kier alpha value is -0.380. The lowest BCUT2D eigenvalue weighted by Crippen LogP contribution is -2.39. The van der Waals surface area contributed by atoms with Gasteiger partial charge in [-0.2, -0.15) is 0 Å². The molecule has 0 aliphatic rings. The minimum Gasteiger partial charge on any atom is -0.330 e. The molecule has 3 heteroatoms. The molecule has 2 nitrogen and oxygen atoms in total. The summed E-state index contributed by atoms with van der Waals surface area (Å²) in [5.41, 5.74) is 7.56.